The van der Waals surface area contributed by atoms with Crippen LogP contribution >= 0.6 is 0 Å². The van der Waals surface area contributed by atoms with E-state index in [1.165, 1.54) is 19.4 Å². The van der Waals surface area contributed by atoms with Crippen molar-refractivity contribution in [3.8, 4) is 0 Å². The van der Waals surface area contributed by atoms with Crippen LogP contribution in [0.1, 0.15) is 26.2 Å². The van der Waals surface area contributed by atoms with Crippen LogP contribution in [0.4, 0.5) is 0 Å². The van der Waals surface area contributed by atoms with Crippen molar-refractivity contribution in [1.82, 2.24) is 10.2 Å². The zero-order valence-electron chi connectivity index (χ0n) is 9.53. The van der Waals surface area contributed by atoms with Gasteiger partial charge < -0.3 is 10.1 Å². The fraction of sp³-hybridized carbons (Fsp3) is 0.909. The smallest absolute Gasteiger partial charge is 0.249 e. The van der Waals surface area contributed by atoms with E-state index >= 15 is 0 Å². The number of ether oxygens (including phenoxy) is 1. The standard InChI is InChI=1S/C11H20N2O2/c1-8(15-2)11(14)12-9-5-7-13-6-3-4-10(9)13/h8-10H,3-7H2,1-2H3,(H,12,14). The lowest BCUT2D eigenvalue weighted by molar-refractivity contribution is -0.130. The van der Waals surface area contributed by atoms with Gasteiger partial charge in [-0.1, -0.05) is 0 Å². The number of carbonyl (C=O) groups is 1. The molecule has 3 atom stereocenters. The van der Waals surface area contributed by atoms with Gasteiger partial charge >= 0.3 is 0 Å². The monoisotopic (exact) mass is 212 g/mol. The predicted octanol–water partition coefficient (Wildman–Crippen LogP) is 0.374. The number of nitrogens with one attached hydrogen (secondary N) is 1. The maximum absolute atomic E-state index is 11.7. The van der Waals surface area contributed by atoms with E-state index < -0.39 is 0 Å². The maximum Gasteiger partial charge on any atom is 0.249 e. The third-order valence-electron chi connectivity index (χ3n) is 3.66. The Balaban J connectivity index is 1.87. The van der Waals surface area contributed by atoms with Gasteiger partial charge in [-0.3, -0.25) is 9.69 Å². The van der Waals surface area contributed by atoms with Gasteiger partial charge in [0.25, 0.3) is 0 Å². The van der Waals surface area contributed by atoms with Crippen LogP contribution in [0, 0.1) is 0 Å². The van der Waals surface area contributed by atoms with E-state index in [0.717, 1.165) is 13.0 Å². The summed E-state index contributed by atoms with van der Waals surface area (Å²) >= 11 is 0. The Morgan fingerprint density at radius 3 is 3.00 bits per heavy atom. The van der Waals surface area contributed by atoms with Gasteiger partial charge in [-0.25, -0.2) is 0 Å². The molecular weight excluding hydrogens is 192 g/mol. The Bertz CT molecular complexity index is 245. The van der Waals surface area contributed by atoms with Crippen LogP contribution in [0.15, 0.2) is 0 Å². The second-order valence-electron chi connectivity index (χ2n) is 4.53. The first kappa shape index (κ1) is 10.9. The lowest BCUT2D eigenvalue weighted by Crippen LogP contribution is -2.46. The highest BCUT2D eigenvalue weighted by molar-refractivity contribution is 5.80. The van der Waals surface area contributed by atoms with Crippen LogP contribution in [0.3, 0.4) is 0 Å². The summed E-state index contributed by atoms with van der Waals surface area (Å²) in [6.07, 6.45) is 3.26. The van der Waals surface area contributed by atoms with Crippen LogP contribution in [0.5, 0.6) is 0 Å². The number of fused-ring (bicyclic) bond motifs is 1. The number of rotatable bonds is 3. The van der Waals surface area contributed by atoms with Crippen molar-refractivity contribution in [3.63, 3.8) is 0 Å². The molecule has 4 nitrogen and oxygen atoms in total. The summed E-state index contributed by atoms with van der Waals surface area (Å²) in [6, 6.07) is 0.926. The first-order chi connectivity index (χ1) is 7.22. The van der Waals surface area contributed by atoms with Gasteiger partial charge in [0.15, 0.2) is 0 Å². The summed E-state index contributed by atoms with van der Waals surface area (Å²) in [5.41, 5.74) is 0. The van der Waals surface area contributed by atoms with Gasteiger partial charge in [-0.15, -0.1) is 0 Å². The lowest BCUT2D eigenvalue weighted by atomic mass is 10.1. The van der Waals surface area contributed by atoms with Gasteiger partial charge in [-0.2, -0.15) is 0 Å². The molecule has 0 spiro atoms. The van der Waals surface area contributed by atoms with Gasteiger partial charge in [0, 0.05) is 25.7 Å². The summed E-state index contributed by atoms with van der Waals surface area (Å²) in [7, 11) is 1.57. The van der Waals surface area contributed by atoms with E-state index in [9.17, 15) is 4.79 Å². The molecule has 0 aromatic heterocycles. The zero-order valence-corrected chi connectivity index (χ0v) is 9.53. The quantitative estimate of drug-likeness (QED) is 0.735. The zero-order chi connectivity index (χ0) is 10.8. The molecule has 86 valence electrons. The third-order valence-corrected chi connectivity index (χ3v) is 3.66. The Morgan fingerprint density at radius 1 is 1.47 bits per heavy atom. The molecule has 0 saturated carbocycles. The highest BCUT2D eigenvalue weighted by Gasteiger charge is 2.38. The molecule has 0 bridgehead atoms. The molecule has 2 fully saturated rings. The molecule has 2 heterocycles. The molecule has 4 heteroatoms. The summed E-state index contributed by atoms with van der Waals surface area (Å²) in [4.78, 5) is 14.2. The molecule has 0 aromatic carbocycles. The van der Waals surface area contributed by atoms with Crippen LogP contribution in [0.25, 0.3) is 0 Å². The van der Waals surface area contributed by atoms with Crippen LogP contribution in [-0.2, 0) is 9.53 Å². The second kappa shape index (κ2) is 4.49. The number of nitrogens with zero attached hydrogens (tertiary/aromatic N) is 1. The Labute approximate surface area is 91.0 Å². The van der Waals surface area contributed by atoms with Crippen molar-refractivity contribution in [2.24, 2.45) is 0 Å². The predicted molar refractivity (Wildman–Crippen MR) is 57.6 cm³/mol. The average molecular weight is 212 g/mol. The number of hydrogen-bond acceptors (Lipinski definition) is 3. The molecule has 15 heavy (non-hydrogen) atoms. The van der Waals surface area contributed by atoms with Crippen LogP contribution in [-0.4, -0.2) is 49.2 Å². The Morgan fingerprint density at radius 2 is 2.27 bits per heavy atom. The molecule has 0 aromatic rings. The molecule has 0 radical (unpaired) electrons. The second-order valence-corrected chi connectivity index (χ2v) is 4.53. The van der Waals surface area contributed by atoms with Crippen molar-refractivity contribution in [3.05, 3.63) is 0 Å². The Hall–Kier alpha value is -0.610. The molecule has 0 aliphatic carbocycles. The van der Waals surface area contributed by atoms with Gasteiger partial charge in [0.1, 0.15) is 6.10 Å². The normalized spacial score (nSPS) is 32.7. The first-order valence-electron chi connectivity index (χ1n) is 5.79. The molecule has 3 unspecified atom stereocenters. The largest absolute Gasteiger partial charge is 0.372 e. The summed E-state index contributed by atoms with van der Waals surface area (Å²) in [5.74, 6) is 0.0243. The van der Waals surface area contributed by atoms with E-state index in [4.69, 9.17) is 4.74 Å². The van der Waals surface area contributed by atoms with Crippen molar-refractivity contribution < 1.29 is 9.53 Å². The minimum atomic E-state index is -0.333. The molecular formula is C11H20N2O2. The molecule has 2 aliphatic rings. The Kier molecular flexibility index (Phi) is 3.26. The summed E-state index contributed by atoms with van der Waals surface area (Å²) in [6.45, 7) is 4.13. The van der Waals surface area contributed by atoms with Crippen LogP contribution < -0.4 is 5.32 Å². The molecule has 2 rings (SSSR count). The van der Waals surface area contributed by atoms with Gasteiger partial charge in [0.05, 0.1) is 0 Å². The average Bonchev–Trinajstić information content (AvgIpc) is 2.81. The fourth-order valence-corrected chi connectivity index (χ4v) is 2.66. The highest BCUT2D eigenvalue weighted by atomic mass is 16.5. The van der Waals surface area contributed by atoms with Crippen molar-refractivity contribution in [2.45, 2.75) is 44.4 Å². The van der Waals surface area contributed by atoms with E-state index in [1.54, 1.807) is 14.0 Å². The van der Waals surface area contributed by atoms with E-state index in [-0.39, 0.29) is 12.0 Å². The number of methoxy groups -OCH3 is 1. The number of hydrogen-bond donors (Lipinski definition) is 1. The topological polar surface area (TPSA) is 41.6 Å². The SMILES string of the molecule is COC(C)C(=O)NC1CCN2CCCC12. The highest BCUT2D eigenvalue weighted by Crippen LogP contribution is 2.27. The molecule has 1 amide bonds. The lowest BCUT2D eigenvalue weighted by Gasteiger charge is -2.22. The van der Waals surface area contributed by atoms with Gasteiger partial charge in [-0.05, 0) is 32.7 Å². The van der Waals surface area contributed by atoms with E-state index in [0.29, 0.717) is 12.1 Å². The van der Waals surface area contributed by atoms with Gasteiger partial charge in [0.2, 0.25) is 5.91 Å². The first-order valence-corrected chi connectivity index (χ1v) is 5.79. The van der Waals surface area contributed by atoms with Crippen molar-refractivity contribution in [1.29, 1.82) is 0 Å². The van der Waals surface area contributed by atoms with Crippen molar-refractivity contribution in [2.75, 3.05) is 20.2 Å². The number of carbonyl (C=O) groups excluding carboxylic acids is 1. The molecule has 2 saturated heterocycles. The van der Waals surface area contributed by atoms with E-state index in [2.05, 4.69) is 10.2 Å². The van der Waals surface area contributed by atoms with Crippen molar-refractivity contribution >= 4 is 5.91 Å². The minimum absolute atomic E-state index is 0.0243. The van der Waals surface area contributed by atoms with Crippen LogP contribution in [0.2, 0.25) is 0 Å². The third kappa shape index (κ3) is 2.16. The minimum Gasteiger partial charge on any atom is -0.372 e. The summed E-state index contributed by atoms with van der Waals surface area (Å²) in [5, 5.41) is 3.10. The number of amides is 1. The molecule has 1 N–H and O–H groups in total. The summed E-state index contributed by atoms with van der Waals surface area (Å²) < 4.78 is 5.01. The molecule has 2 aliphatic heterocycles. The fourth-order valence-electron chi connectivity index (χ4n) is 2.66. The van der Waals surface area contributed by atoms with E-state index in [1.807, 2.05) is 0 Å². The maximum atomic E-state index is 11.7.